The molecule has 0 aliphatic rings. The standard InChI is InChI=1S/C23H22FNO4S/c1-2-27-23(26)25-22(30-21-9-4-3-5-10-21)16-28-18-11-13-19(14-12-18)29-20-8-6-7-17(24)15-20/h3-15,22H,2,16H2,1H3,(H,25,26). The summed E-state index contributed by atoms with van der Waals surface area (Å²) in [5, 5.41) is 2.46. The SMILES string of the molecule is CCOC(=O)NC(COc1ccc(Oc2cccc(F)c2)cc1)Sc1ccccc1. The van der Waals surface area contributed by atoms with E-state index in [9.17, 15) is 9.18 Å². The third-order valence-electron chi connectivity index (χ3n) is 3.83. The molecule has 7 heteroatoms. The first-order valence-corrected chi connectivity index (χ1v) is 10.3. The van der Waals surface area contributed by atoms with E-state index < -0.39 is 6.09 Å². The van der Waals surface area contributed by atoms with Crippen LogP contribution in [0.15, 0.2) is 83.8 Å². The molecule has 0 aliphatic carbocycles. The lowest BCUT2D eigenvalue weighted by Crippen LogP contribution is -2.37. The van der Waals surface area contributed by atoms with Gasteiger partial charge >= 0.3 is 6.09 Å². The largest absolute Gasteiger partial charge is 0.491 e. The summed E-state index contributed by atoms with van der Waals surface area (Å²) >= 11 is 1.47. The highest BCUT2D eigenvalue weighted by molar-refractivity contribution is 8.00. The monoisotopic (exact) mass is 427 g/mol. The zero-order chi connectivity index (χ0) is 21.2. The van der Waals surface area contributed by atoms with Crippen LogP contribution in [0, 0.1) is 5.82 Å². The van der Waals surface area contributed by atoms with Crippen LogP contribution < -0.4 is 14.8 Å². The third kappa shape index (κ3) is 7.00. The topological polar surface area (TPSA) is 56.8 Å². The van der Waals surface area contributed by atoms with Crippen molar-refractivity contribution < 1.29 is 23.4 Å². The van der Waals surface area contributed by atoms with Crippen molar-refractivity contribution in [2.24, 2.45) is 0 Å². The number of hydrogen-bond acceptors (Lipinski definition) is 5. The molecule has 1 unspecified atom stereocenters. The molecule has 0 bridgehead atoms. The van der Waals surface area contributed by atoms with E-state index in [2.05, 4.69) is 5.32 Å². The lowest BCUT2D eigenvalue weighted by Gasteiger charge is -2.19. The number of alkyl carbamates (subject to hydrolysis) is 1. The first-order chi connectivity index (χ1) is 14.6. The summed E-state index contributed by atoms with van der Waals surface area (Å²) < 4.78 is 29.7. The Balaban J connectivity index is 1.58. The van der Waals surface area contributed by atoms with Gasteiger partial charge in [-0.2, -0.15) is 0 Å². The maximum absolute atomic E-state index is 13.3. The molecule has 3 aromatic rings. The van der Waals surface area contributed by atoms with Gasteiger partial charge in [0.1, 0.15) is 35.0 Å². The average Bonchev–Trinajstić information content (AvgIpc) is 2.74. The van der Waals surface area contributed by atoms with E-state index in [1.165, 1.54) is 23.9 Å². The first-order valence-electron chi connectivity index (χ1n) is 9.43. The fourth-order valence-electron chi connectivity index (χ4n) is 2.52. The number of amides is 1. The normalized spacial score (nSPS) is 11.4. The number of carbonyl (C=O) groups is 1. The van der Waals surface area contributed by atoms with Gasteiger partial charge in [-0.1, -0.05) is 36.0 Å². The first kappa shape index (κ1) is 21.5. The molecule has 1 N–H and O–H groups in total. The van der Waals surface area contributed by atoms with Crippen LogP contribution >= 0.6 is 11.8 Å². The number of nitrogens with one attached hydrogen (secondary N) is 1. The summed E-state index contributed by atoms with van der Waals surface area (Å²) in [4.78, 5) is 12.9. The van der Waals surface area contributed by atoms with Crippen LogP contribution in [0.2, 0.25) is 0 Å². The molecular weight excluding hydrogens is 405 g/mol. The minimum Gasteiger partial charge on any atom is -0.491 e. The number of benzene rings is 3. The van der Waals surface area contributed by atoms with E-state index in [0.717, 1.165) is 4.90 Å². The summed E-state index contributed by atoms with van der Waals surface area (Å²) in [6.45, 7) is 2.29. The van der Waals surface area contributed by atoms with Crippen LogP contribution in [0.5, 0.6) is 17.2 Å². The lowest BCUT2D eigenvalue weighted by molar-refractivity contribution is 0.148. The summed E-state index contributed by atoms with van der Waals surface area (Å²) in [5.74, 6) is 1.24. The molecule has 0 saturated carbocycles. The smallest absolute Gasteiger partial charge is 0.408 e. The van der Waals surface area contributed by atoms with Crippen LogP contribution in [0.4, 0.5) is 9.18 Å². The number of hydrogen-bond donors (Lipinski definition) is 1. The van der Waals surface area contributed by atoms with Gasteiger partial charge in [0.2, 0.25) is 0 Å². The maximum Gasteiger partial charge on any atom is 0.408 e. The van der Waals surface area contributed by atoms with Crippen LogP contribution in [-0.4, -0.2) is 24.7 Å². The molecule has 1 atom stereocenters. The molecule has 0 radical (unpaired) electrons. The second-order valence-corrected chi connectivity index (χ2v) is 7.40. The minimum absolute atomic E-state index is 0.239. The highest BCUT2D eigenvalue weighted by Crippen LogP contribution is 2.26. The number of carbonyl (C=O) groups excluding carboxylic acids is 1. The summed E-state index contributed by atoms with van der Waals surface area (Å²) in [5.41, 5.74) is 0. The van der Waals surface area contributed by atoms with Crippen molar-refractivity contribution >= 4 is 17.9 Å². The second-order valence-electron chi connectivity index (χ2n) is 6.13. The Labute approximate surface area is 179 Å². The van der Waals surface area contributed by atoms with E-state index in [1.807, 2.05) is 30.3 Å². The Bertz CT molecular complexity index is 937. The van der Waals surface area contributed by atoms with Crippen LogP contribution in [-0.2, 0) is 4.74 Å². The molecular formula is C23H22FNO4S. The van der Waals surface area contributed by atoms with Gasteiger partial charge in [-0.25, -0.2) is 9.18 Å². The van der Waals surface area contributed by atoms with Gasteiger partial charge in [-0.3, -0.25) is 0 Å². The highest BCUT2D eigenvalue weighted by atomic mass is 32.2. The number of ether oxygens (including phenoxy) is 3. The van der Waals surface area contributed by atoms with Gasteiger partial charge in [-0.15, -0.1) is 0 Å². The van der Waals surface area contributed by atoms with E-state index in [4.69, 9.17) is 14.2 Å². The molecule has 30 heavy (non-hydrogen) atoms. The molecule has 3 rings (SSSR count). The molecule has 0 saturated heterocycles. The van der Waals surface area contributed by atoms with Crippen molar-refractivity contribution in [1.29, 1.82) is 0 Å². The van der Waals surface area contributed by atoms with Crippen molar-refractivity contribution in [2.45, 2.75) is 17.2 Å². The zero-order valence-corrected chi connectivity index (χ0v) is 17.2. The Kier molecular flexibility index (Phi) is 7.97. The Morgan fingerprint density at radius 1 is 0.967 bits per heavy atom. The predicted molar refractivity (Wildman–Crippen MR) is 115 cm³/mol. The highest BCUT2D eigenvalue weighted by Gasteiger charge is 2.15. The summed E-state index contributed by atoms with van der Waals surface area (Å²) in [6.07, 6.45) is -0.492. The van der Waals surface area contributed by atoms with E-state index in [-0.39, 0.29) is 17.8 Å². The molecule has 0 aliphatic heterocycles. The molecule has 5 nitrogen and oxygen atoms in total. The predicted octanol–water partition coefficient (Wildman–Crippen LogP) is 5.86. The van der Waals surface area contributed by atoms with Crippen molar-refractivity contribution in [2.75, 3.05) is 13.2 Å². The van der Waals surface area contributed by atoms with E-state index >= 15 is 0 Å². The maximum atomic E-state index is 13.3. The molecule has 3 aromatic carbocycles. The molecule has 156 valence electrons. The van der Waals surface area contributed by atoms with Gasteiger partial charge < -0.3 is 19.5 Å². The lowest BCUT2D eigenvalue weighted by atomic mass is 10.3. The Morgan fingerprint density at radius 2 is 1.70 bits per heavy atom. The van der Waals surface area contributed by atoms with Crippen LogP contribution in [0.25, 0.3) is 0 Å². The van der Waals surface area contributed by atoms with Gasteiger partial charge in [0, 0.05) is 11.0 Å². The fourth-order valence-corrected chi connectivity index (χ4v) is 3.45. The van der Waals surface area contributed by atoms with E-state index in [1.54, 1.807) is 43.3 Å². The van der Waals surface area contributed by atoms with Gasteiger partial charge in [0.05, 0.1) is 6.61 Å². The second kappa shape index (κ2) is 11.1. The summed E-state index contributed by atoms with van der Waals surface area (Å²) in [7, 11) is 0. The third-order valence-corrected chi connectivity index (χ3v) is 4.92. The minimum atomic E-state index is -0.492. The fraction of sp³-hybridized carbons (Fsp3) is 0.174. The summed E-state index contributed by atoms with van der Waals surface area (Å²) in [6, 6.07) is 22.6. The number of thioether (sulfide) groups is 1. The molecule has 0 spiro atoms. The average molecular weight is 427 g/mol. The van der Waals surface area contributed by atoms with Crippen LogP contribution in [0.1, 0.15) is 6.92 Å². The van der Waals surface area contributed by atoms with Crippen LogP contribution in [0.3, 0.4) is 0 Å². The van der Waals surface area contributed by atoms with Crippen molar-refractivity contribution in [3.8, 4) is 17.2 Å². The van der Waals surface area contributed by atoms with Crippen molar-refractivity contribution in [1.82, 2.24) is 5.32 Å². The molecule has 0 fully saturated rings. The zero-order valence-electron chi connectivity index (χ0n) is 16.4. The Hall–Kier alpha value is -3.19. The van der Waals surface area contributed by atoms with Gasteiger partial charge in [0.25, 0.3) is 0 Å². The van der Waals surface area contributed by atoms with E-state index in [0.29, 0.717) is 23.9 Å². The molecule has 0 heterocycles. The van der Waals surface area contributed by atoms with Gasteiger partial charge in [0.15, 0.2) is 0 Å². The Morgan fingerprint density at radius 3 is 2.40 bits per heavy atom. The van der Waals surface area contributed by atoms with Crippen molar-refractivity contribution in [3.05, 3.63) is 84.7 Å². The van der Waals surface area contributed by atoms with Gasteiger partial charge in [-0.05, 0) is 55.5 Å². The number of halogens is 1. The molecule has 0 aromatic heterocycles. The molecule has 1 amide bonds. The number of rotatable bonds is 9. The van der Waals surface area contributed by atoms with Crippen molar-refractivity contribution in [3.63, 3.8) is 0 Å². The quantitative estimate of drug-likeness (QED) is 0.342.